The third-order valence-corrected chi connectivity index (χ3v) is 10.1. The molecule has 0 heterocycles. The Morgan fingerprint density at radius 1 is 0.645 bits per heavy atom. The van der Waals surface area contributed by atoms with E-state index < -0.39 is 7.26 Å². The molecule has 3 rings (SSSR count). The first-order valence-electron chi connectivity index (χ1n) is 11.5. The number of allylic oxidation sites excluding steroid dienone is 2. The summed E-state index contributed by atoms with van der Waals surface area (Å²) in [6, 6.07) is 33.2. The summed E-state index contributed by atoms with van der Waals surface area (Å²) in [6.45, 7) is 2.25. The summed E-state index contributed by atoms with van der Waals surface area (Å²) in [5, 5.41) is 4.31. The van der Waals surface area contributed by atoms with Crippen LogP contribution >= 0.6 is 7.26 Å². The fraction of sp³-hybridized carbons (Fsp3) is 0.267. The highest BCUT2D eigenvalue weighted by Crippen LogP contribution is 2.55. The van der Waals surface area contributed by atoms with E-state index >= 15 is 0 Å². The minimum Gasteiger partial charge on any atom is -0.0991 e. The largest absolute Gasteiger partial charge is 0.113 e. The summed E-state index contributed by atoms with van der Waals surface area (Å²) < 4.78 is 0. The average molecular weight is 426 g/mol. The van der Waals surface area contributed by atoms with Crippen LogP contribution in [0.2, 0.25) is 0 Å². The normalized spacial score (nSPS) is 11.3. The maximum atomic E-state index is 3.48. The molecule has 0 aliphatic heterocycles. The molecule has 0 aromatic heterocycles. The molecule has 0 spiro atoms. The molecular weight excluding hydrogens is 391 g/mol. The van der Waals surface area contributed by atoms with Crippen LogP contribution in [0.3, 0.4) is 0 Å². The van der Waals surface area contributed by atoms with Crippen molar-refractivity contribution in [2.24, 2.45) is 0 Å². The van der Waals surface area contributed by atoms with Crippen molar-refractivity contribution in [1.82, 2.24) is 0 Å². The fourth-order valence-electron chi connectivity index (χ4n) is 4.04. The van der Waals surface area contributed by atoms with Gasteiger partial charge in [0.25, 0.3) is 0 Å². The lowest BCUT2D eigenvalue weighted by Gasteiger charge is -2.27. The summed E-state index contributed by atoms with van der Waals surface area (Å²) in [7, 11) is -1.75. The zero-order chi connectivity index (χ0) is 21.6. The second kappa shape index (κ2) is 12.9. The maximum Gasteiger partial charge on any atom is 0.113 e. The predicted octanol–water partition coefficient (Wildman–Crippen LogP) is 6.90. The van der Waals surface area contributed by atoms with Crippen LogP contribution in [0.5, 0.6) is 0 Å². The van der Waals surface area contributed by atoms with Crippen molar-refractivity contribution in [3.8, 4) is 11.8 Å². The van der Waals surface area contributed by atoms with Crippen LogP contribution in [0, 0.1) is 11.8 Å². The van der Waals surface area contributed by atoms with Crippen molar-refractivity contribution >= 4 is 23.2 Å². The van der Waals surface area contributed by atoms with Crippen LogP contribution in [-0.2, 0) is 0 Å². The van der Waals surface area contributed by atoms with Crippen molar-refractivity contribution in [1.29, 1.82) is 0 Å². The van der Waals surface area contributed by atoms with E-state index in [2.05, 4.69) is 122 Å². The van der Waals surface area contributed by atoms with Gasteiger partial charge in [0, 0.05) is 12.8 Å². The van der Waals surface area contributed by atoms with E-state index in [9.17, 15) is 0 Å². The van der Waals surface area contributed by atoms with Crippen molar-refractivity contribution in [3.05, 3.63) is 103 Å². The van der Waals surface area contributed by atoms with Crippen molar-refractivity contribution in [2.45, 2.75) is 45.4 Å². The molecule has 158 valence electrons. The van der Waals surface area contributed by atoms with E-state index in [1.807, 2.05) is 0 Å². The first kappa shape index (κ1) is 23.1. The molecule has 3 aromatic rings. The molecule has 0 nitrogen and oxygen atoms in total. The Bertz CT molecular complexity index is 866. The van der Waals surface area contributed by atoms with Crippen LogP contribution in [0.25, 0.3) is 0 Å². The SMILES string of the molecule is CCCCCC=CCC#CCC[P+](c1ccccc1)(c1ccccc1)c1ccccc1. The number of rotatable bonds is 10. The van der Waals surface area contributed by atoms with Gasteiger partial charge in [-0.15, -0.1) is 0 Å². The first-order chi connectivity index (χ1) is 15.4. The smallest absolute Gasteiger partial charge is 0.0991 e. The van der Waals surface area contributed by atoms with Gasteiger partial charge < -0.3 is 0 Å². The van der Waals surface area contributed by atoms with Crippen LogP contribution in [0.15, 0.2) is 103 Å². The molecule has 0 aliphatic rings. The Labute approximate surface area is 189 Å². The van der Waals surface area contributed by atoms with Gasteiger partial charge in [-0.2, -0.15) is 0 Å². The van der Waals surface area contributed by atoms with Gasteiger partial charge in [-0.3, -0.25) is 0 Å². The third kappa shape index (κ3) is 6.43. The van der Waals surface area contributed by atoms with Crippen molar-refractivity contribution < 1.29 is 0 Å². The lowest BCUT2D eigenvalue weighted by Crippen LogP contribution is -2.33. The fourth-order valence-corrected chi connectivity index (χ4v) is 8.20. The Hall–Kier alpha value is -2.61. The zero-order valence-corrected chi connectivity index (χ0v) is 19.6. The van der Waals surface area contributed by atoms with E-state index in [-0.39, 0.29) is 0 Å². The van der Waals surface area contributed by atoms with E-state index in [0.717, 1.165) is 19.0 Å². The van der Waals surface area contributed by atoms with Gasteiger partial charge in [0.1, 0.15) is 23.2 Å². The van der Waals surface area contributed by atoms with Crippen LogP contribution in [-0.4, -0.2) is 6.16 Å². The van der Waals surface area contributed by atoms with E-state index in [1.165, 1.54) is 41.6 Å². The highest BCUT2D eigenvalue weighted by Gasteiger charge is 2.44. The van der Waals surface area contributed by atoms with Gasteiger partial charge in [-0.05, 0) is 49.2 Å². The summed E-state index contributed by atoms with van der Waals surface area (Å²) in [4.78, 5) is 0. The monoisotopic (exact) mass is 425 g/mol. The molecule has 0 N–H and O–H groups in total. The second-order valence-corrected chi connectivity index (χ2v) is 11.4. The molecule has 0 atom stereocenters. The van der Waals surface area contributed by atoms with Gasteiger partial charge in [0.2, 0.25) is 0 Å². The molecular formula is C30H34P+. The van der Waals surface area contributed by atoms with Crippen molar-refractivity contribution in [3.63, 3.8) is 0 Å². The minimum absolute atomic E-state index is 0.861. The molecule has 31 heavy (non-hydrogen) atoms. The minimum atomic E-state index is -1.75. The highest BCUT2D eigenvalue weighted by molar-refractivity contribution is 7.95. The number of hydrogen-bond acceptors (Lipinski definition) is 0. The average Bonchev–Trinajstić information content (AvgIpc) is 2.84. The molecule has 0 saturated carbocycles. The summed E-state index contributed by atoms with van der Waals surface area (Å²) in [5.74, 6) is 6.86. The van der Waals surface area contributed by atoms with E-state index in [0.29, 0.717) is 0 Å². The summed E-state index contributed by atoms with van der Waals surface area (Å²) in [6.07, 6.45) is 12.4. The molecule has 0 aliphatic carbocycles. The molecule has 0 radical (unpaired) electrons. The molecule has 0 saturated heterocycles. The Morgan fingerprint density at radius 2 is 1.16 bits per heavy atom. The van der Waals surface area contributed by atoms with Gasteiger partial charge in [0.05, 0.1) is 6.16 Å². The summed E-state index contributed by atoms with van der Waals surface area (Å²) >= 11 is 0. The lowest BCUT2D eigenvalue weighted by molar-refractivity contribution is 0.728. The third-order valence-electron chi connectivity index (χ3n) is 5.65. The topological polar surface area (TPSA) is 0 Å². The number of benzene rings is 3. The predicted molar refractivity (Wildman–Crippen MR) is 140 cm³/mol. The molecule has 0 bridgehead atoms. The molecule has 0 amide bonds. The first-order valence-corrected chi connectivity index (χ1v) is 13.5. The van der Waals surface area contributed by atoms with Crippen LogP contribution in [0.4, 0.5) is 0 Å². The van der Waals surface area contributed by atoms with E-state index in [4.69, 9.17) is 0 Å². The molecule has 1 heteroatoms. The van der Waals surface area contributed by atoms with Crippen LogP contribution in [0.1, 0.15) is 45.4 Å². The zero-order valence-electron chi connectivity index (χ0n) is 18.7. The van der Waals surface area contributed by atoms with Crippen molar-refractivity contribution in [2.75, 3.05) is 6.16 Å². The lowest BCUT2D eigenvalue weighted by atomic mass is 10.2. The number of unbranched alkanes of at least 4 members (excludes halogenated alkanes) is 3. The number of hydrogen-bond donors (Lipinski definition) is 0. The van der Waals surface area contributed by atoms with Crippen LogP contribution < -0.4 is 15.9 Å². The van der Waals surface area contributed by atoms with Gasteiger partial charge in [-0.25, -0.2) is 0 Å². The van der Waals surface area contributed by atoms with Gasteiger partial charge >= 0.3 is 0 Å². The van der Waals surface area contributed by atoms with E-state index in [1.54, 1.807) is 0 Å². The molecule has 0 unspecified atom stereocenters. The Balaban J connectivity index is 1.83. The Morgan fingerprint density at radius 3 is 1.65 bits per heavy atom. The maximum absolute atomic E-state index is 3.48. The summed E-state index contributed by atoms with van der Waals surface area (Å²) in [5.41, 5.74) is 0. The second-order valence-electron chi connectivity index (χ2n) is 7.81. The standard InChI is InChI=1S/C30H34P/c1-2-3-4-5-6-7-8-9-10-20-27-31(28-21-14-11-15-22-28,29-23-16-12-17-24-29)30-25-18-13-19-26-30/h6-7,11-19,21-26H,2-5,8,20,27H2,1H3/q+1. The van der Waals surface area contributed by atoms with Gasteiger partial charge in [0.15, 0.2) is 0 Å². The highest BCUT2D eigenvalue weighted by atomic mass is 31.2. The Kier molecular flexibility index (Phi) is 9.63. The van der Waals surface area contributed by atoms with Gasteiger partial charge in [-0.1, -0.05) is 98.4 Å². The quantitative estimate of drug-likeness (QED) is 0.143. The molecule has 3 aromatic carbocycles. The molecule has 0 fully saturated rings.